The summed E-state index contributed by atoms with van der Waals surface area (Å²) in [5, 5.41) is 3.53. The summed E-state index contributed by atoms with van der Waals surface area (Å²) in [6.45, 7) is 9.53. The van der Waals surface area contributed by atoms with Crippen molar-refractivity contribution < 1.29 is 9.47 Å². The van der Waals surface area contributed by atoms with Gasteiger partial charge in [0.05, 0.1) is 17.8 Å². The molecular formula is C11H23N3O2. The molecule has 0 aliphatic carbocycles. The molecule has 3 N–H and O–H groups in total. The molecule has 0 spiro atoms. The van der Waals surface area contributed by atoms with Gasteiger partial charge in [0.25, 0.3) is 0 Å². The molecule has 2 rings (SSSR count). The van der Waals surface area contributed by atoms with Crippen LogP contribution in [0.2, 0.25) is 0 Å². The van der Waals surface area contributed by atoms with Gasteiger partial charge in [-0.2, -0.15) is 0 Å². The summed E-state index contributed by atoms with van der Waals surface area (Å²) < 4.78 is 11.6. The van der Waals surface area contributed by atoms with Crippen molar-refractivity contribution in [2.24, 2.45) is 0 Å². The Kier molecular flexibility index (Phi) is 3.51. The minimum absolute atomic E-state index is 0.116. The summed E-state index contributed by atoms with van der Waals surface area (Å²) in [7, 11) is 0. The van der Waals surface area contributed by atoms with E-state index in [0.717, 1.165) is 26.1 Å². The van der Waals surface area contributed by atoms with Crippen LogP contribution in [0.15, 0.2) is 0 Å². The second-order valence-electron chi connectivity index (χ2n) is 5.43. The first kappa shape index (κ1) is 12.3. The molecule has 2 atom stereocenters. The number of rotatable bonds is 2. The van der Waals surface area contributed by atoms with Crippen LogP contribution in [0.5, 0.6) is 0 Å². The van der Waals surface area contributed by atoms with Gasteiger partial charge >= 0.3 is 0 Å². The predicted molar refractivity (Wildman–Crippen MR) is 61.9 cm³/mol. The van der Waals surface area contributed by atoms with Crippen molar-refractivity contribution in [3.05, 3.63) is 0 Å². The van der Waals surface area contributed by atoms with Crippen LogP contribution in [0, 0.1) is 0 Å². The molecule has 0 bridgehead atoms. The number of ether oxygens (including phenoxy) is 2. The highest BCUT2D eigenvalue weighted by Crippen LogP contribution is 2.27. The van der Waals surface area contributed by atoms with Crippen LogP contribution in [0.3, 0.4) is 0 Å². The van der Waals surface area contributed by atoms with Gasteiger partial charge in [-0.25, -0.2) is 5.43 Å². The zero-order valence-corrected chi connectivity index (χ0v) is 10.4. The first-order valence-corrected chi connectivity index (χ1v) is 5.99. The number of nitrogens with one attached hydrogen (secondary N) is 3. The topological polar surface area (TPSA) is 54.5 Å². The van der Waals surface area contributed by atoms with Crippen molar-refractivity contribution in [1.29, 1.82) is 0 Å². The van der Waals surface area contributed by atoms with E-state index in [1.807, 2.05) is 0 Å². The van der Waals surface area contributed by atoms with Crippen molar-refractivity contribution in [2.45, 2.75) is 44.4 Å². The largest absolute Gasteiger partial charge is 0.373 e. The Morgan fingerprint density at radius 1 is 1.19 bits per heavy atom. The van der Waals surface area contributed by atoms with Crippen LogP contribution >= 0.6 is 0 Å². The number of morpholine rings is 1. The van der Waals surface area contributed by atoms with E-state index in [2.05, 4.69) is 36.9 Å². The van der Waals surface area contributed by atoms with Crippen LogP contribution in [-0.4, -0.2) is 43.7 Å². The van der Waals surface area contributed by atoms with Gasteiger partial charge < -0.3 is 14.8 Å². The normalized spacial score (nSPS) is 39.6. The molecule has 2 aliphatic rings. The Morgan fingerprint density at radius 3 is 2.62 bits per heavy atom. The van der Waals surface area contributed by atoms with Gasteiger partial charge in [-0.3, -0.25) is 5.43 Å². The summed E-state index contributed by atoms with van der Waals surface area (Å²) in [6, 6.07) is 0.339. The van der Waals surface area contributed by atoms with Crippen molar-refractivity contribution in [3.63, 3.8) is 0 Å². The fraction of sp³-hybridized carbons (Fsp3) is 1.00. The van der Waals surface area contributed by atoms with Crippen LogP contribution in [0.25, 0.3) is 0 Å². The van der Waals surface area contributed by atoms with Gasteiger partial charge in [0.2, 0.25) is 0 Å². The maximum Gasteiger partial charge on any atom is 0.110 e. The zero-order chi connectivity index (χ0) is 11.6. The van der Waals surface area contributed by atoms with Crippen molar-refractivity contribution in [1.82, 2.24) is 16.2 Å². The van der Waals surface area contributed by atoms with Gasteiger partial charge in [-0.05, 0) is 27.2 Å². The third-order valence-corrected chi connectivity index (χ3v) is 3.52. The van der Waals surface area contributed by atoms with Crippen molar-refractivity contribution in [3.8, 4) is 0 Å². The van der Waals surface area contributed by atoms with Crippen LogP contribution < -0.4 is 16.2 Å². The average Bonchev–Trinajstić information content (AvgIpc) is 2.22. The monoisotopic (exact) mass is 229 g/mol. The Bertz CT molecular complexity index is 239. The lowest BCUT2D eigenvalue weighted by Gasteiger charge is -2.45. The number of hydrogen-bond donors (Lipinski definition) is 3. The molecule has 5 nitrogen and oxygen atoms in total. The van der Waals surface area contributed by atoms with Crippen LogP contribution in [0.1, 0.15) is 27.2 Å². The Morgan fingerprint density at radius 2 is 2.00 bits per heavy atom. The molecule has 0 aromatic carbocycles. The molecular weight excluding hydrogens is 206 g/mol. The second kappa shape index (κ2) is 4.58. The summed E-state index contributed by atoms with van der Waals surface area (Å²) in [4.78, 5) is 0. The van der Waals surface area contributed by atoms with Gasteiger partial charge in [0.15, 0.2) is 0 Å². The second-order valence-corrected chi connectivity index (χ2v) is 5.43. The Labute approximate surface area is 97.2 Å². The zero-order valence-electron chi connectivity index (χ0n) is 10.4. The maximum absolute atomic E-state index is 5.81. The Balaban J connectivity index is 1.96. The van der Waals surface area contributed by atoms with E-state index < -0.39 is 0 Å². The van der Waals surface area contributed by atoms with Gasteiger partial charge in [0.1, 0.15) is 6.73 Å². The molecule has 2 saturated heterocycles. The lowest BCUT2D eigenvalue weighted by molar-refractivity contribution is -0.123. The molecule has 2 heterocycles. The molecule has 2 fully saturated rings. The van der Waals surface area contributed by atoms with E-state index >= 15 is 0 Å². The van der Waals surface area contributed by atoms with Crippen molar-refractivity contribution >= 4 is 0 Å². The van der Waals surface area contributed by atoms with E-state index in [1.165, 1.54) is 0 Å². The van der Waals surface area contributed by atoms with Gasteiger partial charge in [0, 0.05) is 19.1 Å². The first-order chi connectivity index (χ1) is 7.52. The fourth-order valence-electron chi connectivity index (χ4n) is 2.34. The summed E-state index contributed by atoms with van der Waals surface area (Å²) in [6.07, 6.45) is 0.953. The third-order valence-electron chi connectivity index (χ3n) is 3.52. The number of hydrogen-bond acceptors (Lipinski definition) is 5. The lowest BCUT2D eigenvalue weighted by atomic mass is 9.86. The van der Waals surface area contributed by atoms with Gasteiger partial charge in [-0.15, -0.1) is 0 Å². The van der Waals surface area contributed by atoms with Gasteiger partial charge in [-0.1, -0.05) is 0 Å². The van der Waals surface area contributed by atoms with E-state index in [4.69, 9.17) is 9.47 Å². The Hall–Kier alpha value is -0.200. The van der Waals surface area contributed by atoms with E-state index in [-0.39, 0.29) is 11.2 Å². The minimum Gasteiger partial charge on any atom is -0.373 e. The first-order valence-electron chi connectivity index (χ1n) is 5.99. The fourth-order valence-corrected chi connectivity index (χ4v) is 2.34. The SMILES string of the molecule is CC1(CC2NCCOC2(C)C)CNNCO1. The molecule has 0 aromatic rings. The van der Waals surface area contributed by atoms with Crippen molar-refractivity contribution in [2.75, 3.05) is 26.4 Å². The molecule has 0 amide bonds. The molecule has 2 aliphatic heterocycles. The molecule has 5 heteroatoms. The standard InChI is InChI=1S/C11H23N3O2/c1-10(2)9(12-4-5-15-10)6-11(3)7-13-14-8-16-11/h9,12-14H,4-8H2,1-3H3. The third kappa shape index (κ3) is 2.73. The van der Waals surface area contributed by atoms with E-state index in [9.17, 15) is 0 Å². The summed E-state index contributed by atoms with van der Waals surface area (Å²) in [5.41, 5.74) is 5.88. The predicted octanol–water partition coefficient (Wildman–Crippen LogP) is -0.0159. The van der Waals surface area contributed by atoms with Crippen LogP contribution in [-0.2, 0) is 9.47 Å². The quantitative estimate of drug-likeness (QED) is 0.621. The molecule has 0 saturated carbocycles. The molecule has 0 aromatic heterocycles. The molecule has 94 valence electrons. The highest BCUT2D eigenvalue weighted by Gasteiger charge is 2.39. The minimum atomic E-state index is -0.124. The highest BCUT2D eigenvalue weighted by atomic mass is 16.5. The molecule has 2 unspecified atom stereocenters. The smallest absolute Gasteiger partial charge is 0.110 e. The van der Waals surface area contributed by atoms with E-state index in [1.54, 1.807) is 0 Å². The summed E-state index contributed by atoms with van der Waals surface area (Å²) in [5.74, 6) is 0. The van der Waals surface area contributed by atoms with E-state index in [0.29, 0.717) is 12.8 Å². The highest BCUT2D eigenvalue weighted by molar-refractivity contribution is 4.95. The molecule has 16 heavy (non-hydrogen) atoms. The average molecular weight is 229 g/mol. The lowest BCUT2D eigenvalue weighted by Crippen LogP contribution is -2.61. The van der Waals surface area contributed by atoms with Crippen LogP contribution in [0.4, 0.5) is 0 Å². The number of hydrazine groups is 1. The summed E-state index contributed by atoms with van der Waals surface area (Å²) >= 11 is 0. The molecule has 0 radical (unpaired) electrons. The maximum atomic E-state index is 5.81.